The van der Waals surface area contributed by atoms with Gasteiger partial charge in [-0.1, -0.05) is 54.0 Å². The van der Waals surface area contributed by atoms with Gasteiger partial charge in [-0.05, 0) is 36.2 Å². The van der Waals surface area contributed by atoms with Gasteiger partial charge in [0.1, 0.15) is 0 Å². The Hall–Kier alpha value is -1.32. The van der Waals surface area contributed by atoms with Crippen LogP contribution in [0.1, 0.15) is 42.7 Å². The lowest BCUT2D eigenvalue weighted by molar-refractivity contribution is 0.0289. The number of aliphatic hydroxyl groups is 1. The maximum atomic E-state index is 10.8. The van der Waals surface area contributed by atoms with Gasteiger partial charge in [-0.25, -0.2) is 0 Å². The Bertz CT molecular complexity index is 660. The number of anilines is 1. The average Bonchev–Trinajstić information content (AvgIpc) is 2.42. The number of hydrogen-bond donors (Lipinski definition) is 2. The standard InChI is InChI=1S/C18H20BrNO/c1-11-8-12(10-13(19)9-11)16-18(2,3)17(21)14-6-4-5-7-15(14)20-16/h4-10,16-17,20-21H,1-3H3. The van der Waals surface area contributed by atoms with Gasteiger partial charge in [-0.15, -0.1) is 0 Å². The molecule has 21 heavy (non-hydrogen) atoms. The minimum absolute atomic E-state index is 0.0681. The van der Waals surface area contributed by atoms with Crippen molar-refractivity contribution in [2.75, 3.05) is 5.32 Å². The summed E-state index contributed by atoms with van der Waals surface area (Å²) in [7, 11) is 0. The largest absolute Gasteiger partial charge is 0.388 e. The number of hydrogen-bond acceptors (Lipinski definition) is 2. The molecule has 1 heterocycles. The van der Waals surface area contributed by atoms with Gasteiger partial charge in [-0.2, -0.15) is 0 Å². The summed E-state index contributed by atoms with van der Waals surface area (Å²) in [5.41, 5.74) is 4.12. The number of halogens is 1. The van der Waals surface area contributed by atoms with Gasteiger partial charge < -0.3 is 10.4 Å². The summed E-state index contributed by atoms with van der Waals surface area (Å²) in [5.74, 6) is 0. The molecular formula is C18H20BrNO. The van der Waals surface area contributed by atoms with Crippen LogP contribution in [0.3, 0.4) is 0 Å². The predicted molar refractivity (Wildman–Crippen MR) is 90.4 cm³/mol. The van der Waals surface area contributed by atoms with Crippen LogP contribution in [-0.2, 0) is 0 Å². The fourth-order valence-corrected chi connectivity index (χ4v) is 3.84. The van der Waals surface area contributed by atoms with Crippen molar-refractivity contribution in [3.05, 3.63) is 63.6 Å². The molecule has 3 heteroatoms. The quantitative estimate of drug-likeness (QED) is 0.763. The topological polar surface area (TPSA) is 32.3 Å². The van der Waals surface area contributed by atoms with Gasteiger partial charge in [0.25, 0.3) is 0 Å². The van der Waals surface area contributed by atoms with Gasteiger partial charge in [0.2, 0.25) is 0 Å². The first-order valence-corrected chi connectivity index (χ1v) is 7.99. The first-order chi connectivity index (χ1) is 9.89. The van der Waals surface area contributed by atoms with Crippen LogP contribution in [0.4, 0.5) is 5.69 Å². The first-order valence-electron chi connectivity index (χ1n) is 7.20. The zero-order valence-corrected chi connectivity index (χ0v) is 14.1. The van der Waals surface area contributed by atoms with Crippen molar-refractivity contribution in [1.29, 1.82) is 0 Å². The van der Waals surface area contributed by atoms with Crippen LogP contribution in [0, 0.1) is 12.3 Å². The molecule has 3 rings (SSSR count). The smallest absolute Gasteiger partial charge is 0.0883 e. The highest BCUT2D eigenvalue weighted by Crippen LogP contribution is 2.51. The number of nitrogens with one attached hydrogen (secondary N) is 1. The van der Waals surface area contributed by atoms with E-state index in [1.54, 1.807) is 0 Å². The molecule has 0 spiro atoms. The number of fused-ring (bicyclic) bond motifs is 1. The van der Waals surface area contributed by atoms with Crippen molar-refractivity contribution in [3.8, 4) is 0 Å². The molecule has 0 saturated carbocycles. The minimum atomic E-state index is -0.487. The molecule has 0 fully saturated rings. The lowest BCUT2D eigenvalue weighted by atomic mass is 9.70. The number of benzene rings is 2. The van der Waals surface area contributed by atoms with E-state index in [1.807, 2.05) is 24.3 Å². The monoisotopic (exact) mass is 345 g/mol. The van der Waals surface area contributed by atoms with E-state index in [-0.39, 0.29) is 11.5 Å². The molecule has 2 N–H and O–H groups in total. The second kappa shape index (κ2) is 5.15. The maximum absolute atomic E-state index is 10.8. The maximum Gasteiger partial charge on any atom is 0.0883 e. The van der Waals surface area contributed by atoms with E-state index in [4.69, 9.17) is 0 Å². The normalized spacial score (nSPS) is 23.3. The molecule has 2 aromatic rings. The third-order valence-electron chi connectivity index (χ3n) is 4.40. The van der Waals surface area contributed by atoms with Crippen molar-refractivity contribution < 1.29 is 5.11 Å². The Morgan fingerprint density at radius 1 is 1.14 bits per heavy atom. The van der Waals surface area contributed by atoms with Crippen LogP contribution in [0.5, 0.6) is 0 Å². The van der Waals surface area contributed by atoms with E-state index in [0.717, 1.165) is 15.7 Å². The van der Waals surface area contributed by atoms with Crippen LogP contribution in [0.2, 0.25) is 0 Å². The fraction of sp³-hybridized carbons (Fsp3) is 0.333. The Balaban J connectivity index is 2.11. The molecule has 0 aromatic heterocycles. The number of aryl methyl sites for hydroxylation is 1. The van der Waals surface area contributed by atoms with Gasteiger partial charge in [0, 0.05) is 21.1 Å². The van der Waals surface area contributed by atoms with Gasteiger partial charge >= 0.3 is 0 Å². The molecule has 0 amide bonds. The van der Waals surface area contributed by atoms with Gasteiger partial charge in [0.15, 0.2) is 0 Å². The Labute approximate surface area is 134 Å². The third kappa shape index (κ3) is 2.49. The number of rotatable bonds is 1. The average molecular weight is 346 g/mol. The molecule has 1 aliphatic heterocycles. The summed E-state index contributed by atoms with van der Waals surface area (Å²) in [6.45, 7) is 6.32. The molecule has 0 saturated heterocycles. The summed E-state index contributed by atoms with van der Waals surface area (Å²) in [6, 6.07) is 14.5. The number of aliphatic hydroxyl groups excluding tert-OH is 1. The molecule has 2 atom stereocenters. The van der Waals surface area contributed by atoms with Crippen molar-refractivity contribution in [3.63, 3.8) is 0 Å². The first kappa shape index (κ1) is 14.6. The molecule has 0 aliphatic carbocycles. The van der Waals surface area contributed by atoms with Crippen LogP contribution in [0.25, 0.3) is 0 Å². The van der Waals surface area contributed by atoms with Crippen LogP contribution in [0.15, 0.2) is 46.9 Å². The van der Waals surface area contributed by atoms with Gasteiger partial charge in [-0.3, -0.25) is 0 Å². The van der Waals surface area contributed by atoms with Crippen LogP contribution in [-0.4, -0.2) is 5.11 Å². The second-order valence-corrected chi connectivity index (χ2v) is 7.37. The Morgan fingerprint density at radius 3 is 2.57 bits per heavy atom. The van der Waals surface area contributed by atoms with Crippen molar-refractivity contribution >= 4 is 21.6 Å². The Kier molecular flexibility index (Phi) is 3.58. The van der Waals surface area contributed by atoms with Crippen molar-refractivity contribution in [2.24, 2.45) is 5.41 Å². The molecule has 0 bridgehead atoms. The summed E-state index contributed by atoms with van der Waals surface area (Å²) in [5, 5.41) is 14.4. The van der Waals surface area contributed by atoms with Crippen molar-refractivity contribution in [1.82, 2.24) is 0 Å². The third-order valence-corrected chi connectivity index (χ3v) is 4.86. The summed E-state index contributed by atoms with van der Waals surface area (Å²) < 4.78 is 1.07. The second-order valence-electron chi connectivity index (χ2n) is 6.45. The molecule has 2 aromatic carbocycles. The molecule has 1 aliphatic rings. The van der Waals surface area contributed by atoms with E-state index in [1.165, 1.54) is 11.1 Å². The molecule has 110 valence electrons. The zero-order valence-electron chi connectivity index (χ0n) is 12.5. The van der Waals surface area contributed by atoms with Gasteiger partial charge in [0.05, 0.1) is 12.1 Å². The van der Waals surface area contributed by atoms with E-state index < -0.39 is 6.10 Å². The minimum Gasteiger partial charge on any atom is -0.388 e. The SMILES string of the molecule is Cc1cc(Br)cc(C2Nc3ccccc3C(O)C2(C)C)c1. The zero-order chi connectivity index (χ0) is 15.2. The van der Waals surface area contributed by atoms with Crippen LogP contribution >= 0.6 is 15.9 Å². The van der Waals surface area contributed by atoms with E-state index >= 15 is 0 Å². The van der Waals surface area contributed by atoms with E-state index in [2.05, 4.69) is 60.2 Å². The molecule has 0 radical (unpaired) electrons. The molecule has 2 unspecified atom stereocenters. The lowest BCUT2D eigenvalue weighted by Crippen LogP contribution is -2.38. The highest BCUT2D eigenvalue weighted by atomic mass is 79.9. The van der Waals surface area contributed by atoms with Crippen molar-refractivity contribution in [2.45, 2.75) is 32.9 Å². The summed E-state index contributed by atoms with van der Waals surface area (Å²) in [6.07, 6.45) is -0.487. The Morgan fingerprint density at radius 2 is 1.86 bits per heavy atom. The highest BCUT2D eigenvalue weighted by Gasteiger charge is 2.43. The molecular weight excluding hydrogens is 326 g/mol. The fourth-order valence-electron chi connectivity index (χ4n) is 3.21. The highest BCUT2D eigenvalue weighted by molar-refractivity contribution is 9.10. The predicted octanol–water partition coefficient (Wildman–Crippen LogP) is 4.98. The van der Waals surface area contributed by atoms with E-state index in [9.17, 15) is 5.11 Å². The number of para-hydroxylation sites is 1. The van der Waals surface area contributed by atoms with Crippen LogP contribution < -0.4 is 5.32 Å². The van der Waals surface area contributed by atoms with E-state index in [0.29, 0.717) is 0 Å². The summed E-state index contributed by atoms with van der Waals surface area (Å²) >= 11 is 3.57. The summed E-state index contributed by atoms with van der Waals surface area (Å²) in [4.78, 5) is 0. The lowest BCUT2D eigenvalue weighted by Gasteiger charge is -2.45. The molecule has 2 nitrogen and oxygen atoms in total.